The lowest BCUT2D eigenvalue weighted by atomic mass is 10.0. The van der Waals surface area contributed by atoms with Gasteiger partial charge in [-0.3, -0.25) is 14.4 Å². The summed E-state index contributed by atoms with van der Waals surface area (Å²) in [6.07, 6.45) is 70.9. The average Bonchev–Trinajstić information content (AvgIpc) is 3.33. The predicted molar refractivity (Wildman–Crippen MR) is 288 cm³/mol. The summed E-state index contributed by atoms with van der Waals surface area (Å²) in [6, 6.07) is 0. The summed E-state index contributed by atoms with van der Waals surface area (Å²) in [7, 11) is 0. The van der Waals surface area contributed by atoms with Gasteiger partial charge in [0.05, 0.1) is 0 Å². The van der Waals surface area contributed by atoms with Crippen molar-refractivity contribution in [3.8, 4) is 0 Å². The normalized spacial score (nSPS) is 12.6. The van der Waals surface area contributed by atoms with E-state index in [4.69, 9.17) is 14.2 Å². The van der Waals surface area contributed by atoms with Crippen LogP contribution < -0.4 is 0 Å². The van der Waals surface area contributed by atoms with Crippen LogP contribution in [0.25, 0.3) is 0 Å². The van der Waals surface area contributed by atoms with Gasteiger partial charge in [0.2, 0.25) is 0 Å². The zero-order valence-corrected chi connectivity index (χ0v) is 44.2. The molecular formula is C61H106O6. The maximum absolute atomic E-state index is 12.7. The van der Waals surface area contributed by atoms with Gasteiger partial charge in [-0.1, -0.05) is 241 Å². The van der Waals surface area contributed by atoms with Crippen LogP contribution in [0.2, 0.25) is 0 Å². The number of hydrogen-bond donors (Lipinski definition) is 0. The smallest absolute Gasteiger partial charge is 0.306 e. The van der Waals surface area contributed by atoms with Crippen LogP contribution in [-0.2, 0) is 28.6 Å². The van der Waals surface area contributed by atoms with E-state index in [1.807, 2.05) is 0 Å². The third kappa shape index (κ3) is 53.7. The van der Waals surface area contributed by atoms with Crippen molar-refractivity contribution < 1.29 is 28.6 Å². The fourth-order valence-corrected chi connectivity index (χ4v) is 7.93. The molecule has 0 aliphatic rings. The molecule has 0 saturated heterocycles. The molecule has 0 rings (SSSR count). The van der Waals surface area contributed by atoms with Crippen molar-refractivity contribution in [3.63, 3.8) is 0 Å². The van der Waals surface area contributed by atoms with Crippen LogP contribution in [0.1, 0.15) is 278 Å². The molecule has 1 unspecified atom stereocenters. The van der Waals surface area contributed by atoms with E-state index in [0.717, 1.165) is 116 Å². The minimum Gasteiger partial charge on any atom is -0.462 e. The van der Waals surface area contributed by atoms with Crippen LogP contribution in [0.5, 0.6) is 0 Å². The summed E-state index contributed by atoms with van der Waals surface area (Å²) >= 11 is 0. The highest BCUT2D eigenvalue weighted by molar-refractivity contribution is 5.71. The lowest BCUT2D eigenvalue weighted by Crippen LogP contribution is -2.30. The van der Waals surface area contributed by atoms with Gasteiger partial charge in [-0.25, -0.2) is 0 Å². The molecule has 0 aromatic carbocycles. The second kappa shape index (κ2) is 55.4. The van der Waals surface area contributed by atoms with Crippen LogP contribution in [0.3, 0.4) is 0 Å². The zero-order valence-electron chi connectivity index (χ0n) is 44.2. The Labute approximate surface area is 414 Å². The second-order valence-corrected chi connectivity index (χ2v) is 18.8. The number of carbonyl (C=O) groups is 3. The van der Waals surface area contributed by atoms with E-state index in [0.29, 0.717) is 19.3 Å². The topological polar surface area (TPSA) is 78.9 Å². The van der Waals surface area contributed by atoms with E-state index in [1.165, 1.54) is 122 Å². The minimum absolute atomic E-state index is 0.0791. The van der Waals surface area contributed by atoms with Gasteiger partial charge in [0.1, 0.15) is 13.2 Å². The Kier molecular flexibility index (Phi) is 52.8. The first kappa shape index (κ1) is 63.8. The highest BCUT2D eigenvalue weighted by Gasteiger charge is 2.19. The van der Waals surface area contributed by atoms with E-state index in [2.05, 4.69) is 93.7 Å². The van der Waals surface area contributed by atoms with Crippen molar-refractivity contribution in [1.82, 2.24) is 0 Å². The van der Waals surface area contributed by atoms with Crippen molar-refractivity contribution in [2.75, 3.05) is 13.2 Å². The van der Waals surface area contributed by atoms with Crippen molar-refractivity contribution in [1.29, 1.82) is 0 Å². The van der Waals surface area contributed by atoms with Gasteiger partial charge in [-0.15, -0.1) is 0 Å². The first-order valence-corrected chi connectivity index (χ1v) is 28.4. The Morgan fingerprint density at radius 2 is 0.582 bits per heavy atom. The van der Waals surface area contributed by atoms with Crippen molar-refractivity contribution in [3.05, 3.63) is 72.9 Å². The number of esters is 3. The molecule has 0 spiro atoms. The van der Waals surface area contributed by atoms with Gasteiger partial charge in [-0.2, -0.15) is 0 Å². The molecule has 6 heteroatoms. The zero-order chi connectivity index (χ0) is 48.6. The molecule has 6 nitrogen and oxygen atoms in total. The lowest BCUT2D eigenvalue weighted by molar-refractivity contribution is -0.167. The van der Waals surface area contributed by atoms with Gasteiger partial charge in [-0.05, 0) is 89.9 Å². The van der Waals surface area contributed by atoms with Crippen LogP contribution >= 0.6 is 0 Å². The minimum atomic E-state index is -0.777. The molecule has 1 atom stereocenters. The monoisotopic (exact) mass is 935 g/mol. The van der Waals surface area contributed by atoms with Gasteiger partial charge < -0.3 is 14.2 Å². The van der Waals surface area contributed by atoms with Gasteiger partial charge in [0.15, 0.2) is 6.10 Å². The summed E-state index contributed by atoms with van der Waals surface area (Å²) in [5, 5.41) is 0. The SMILES string of the molecule is CC/C=C\C/C=C\C/C=C\C/C=C\CCCCCCCCCCCCCCCCCCC(=O)OCC(COC(=O)CCCCCCC)OC(=O)CCCCCCC/C=C\C/C=C\CCCCC. The molecule has 0 heterocycles. The number of hydrogen-bond acceptors (Lipinski definition) is 6. The number of allylic oxidation sites excluding steroid dienone is 12. The van der Waals surface area contributed by atoms with E-state index in [-0.39, 0.29) is 31.1 Å². The molecular weight excluding hydrogens is 829 g/mol. The maximum Gasteiger partial charge on any atom is 0.306 e. The van der Waals surface area contributed by atoms with E-state index in [1.54, 1.807) is 0 Å². The third-order valence-corrected chi connectivity index (χ3v) is 12.2. The Hall–Kier alpha value is -3.15. The van der Waals surface area contributed by atoms with Gasteiger partial charge in [0.25, 0.3) is 0 Å². The fourth-order valence-electron chi connectivity index (χ4n) is 7.93. The molecule has 0 saturated carbocycles. The van der Waals surface area contributed by atoms with Gasteiger partial charge in [0, 0.05) is 19.3 Å². The molecule has 0 amide bonds. The molecule has 0 bridgehead atoms. The Balaban J connectivity index is 4.01. The number of ether oxygens (including phenoxy) is 3. The third-order valence-electron chi connectivity index (χ3n) is 12.2. The number of unbranched alkanes of at least 4 members (excludes halogenated alkanes) is 28. The first-order valence-electron chi connectivity index (χ1n) is 28.4. The van der Waals surface area contributed by atoms with Crippen LogP contribution in [-0.4, -0.2) is 37.2 Å². The molecule has 386 valence electrons. The Morgan fingerprint density at radius 3 is 0.940 bits per heavy atom. The second-order valence-electron chi connectivity index (χ2n) is 18.8. The van der Waals surface area contributed by atoms with E-state index < -0.39 is 6.10 Å². The molecule has 0 aliphatic heterocycles. The predicted octanol–water partition coefficient (Wildman–Crippen LogP) is 19.0. The lowest BCUT2D eigenvalue weighted by Gasteiger charge is -2.18. The van der Waals surface area contributed by atoms with Crippen molar-refractivity contribution in [2.24, 2.45) is 0 Å². The molecule has 0 aliphatic carbocycles. The van der Waals surface area contributed by atoms with Gasteiger partial charge >= 0.3 is 17.9 Å². The quantitative estimate of drug-likeness (QED) is 0.0262. The van der Waals surface area contributed by atoms with E-state index in [9.17, 15) is 14.4 Å². The fraction of sp³-hybridized carbons (Fsp3) is 0.754. The molecule has 0 N–H and O–H groups in total. The Morgan fingerprint density at radius 1 is 0.313 bits per heavy atom. The first-order chi connectivity index (χ1) is 33.0. The largest absolute Gasteiger partial charge is 0.462 e. The summed E-state index contributed by atoms with van der Waals surface area (Å²) in [6.45, 7) is 6.42. The number of carbonyl (C=O) groups excluding carboxylic acids is 3. The maximum atomic E-state index is 12.7. The average molecular weight is 936 g/mol. The summed E-state index contributed by atoms with van der Waals surface area (Å²) < 4.78 is 16.7. The van der Waals surface area contributed by atoms with Crippen LogP contribution in [0, 0.1) is 0 Å². The highest BCUT2D eigenvalue weighted by Crippen LogP contribution is 2.16. The summed E-state index contributed by atoms with van der Waals surface area (Å²) in [5.74, 6) is -0.901. The molecule has 0 aromatic rings. The summed E-state index contributed by atoms with van der Waals surface area (Å²) in [4.78, 5) is 37.7. The standard InChI is InChI=1S/C61H106O6/c1-4-7-10-13-15-17-19-21-23-24-25-26-27-28-29-30-31-32-33-34-35-36-38-39-41-43-45-48-51-54-60(63)66-57-58(56-65-59(62)53-50-47-12-9-6-3)67-61(64)55-52-49-46-44-42-40-37-22-20-18-16-14-11-8-5-2/h7,10,15-18,21-23,25-26,37,58H,4-6,8-9,11-14,19-20,24,27-36,38-57H2,1-3H3/b10-7-,17-15-,18-16-,23-21-,26-25-,37-22-. The number of rotatable bonds is 51. The molecule has 67 heavy (non-hydrogen) atoms. The molecule has 0 radical (unpaired) electrons. The highest BCUT2D eigenvalue weighted by atomic mass is 16.6. The van der Waals surface area contributed by atoms with E-state index >= 15 is 0 Å². The summed E-state index contributed by atoms with van der Waals surface area (Å²) in [5.41, 5.74) is 0. The van der Waals surface area contributed by atoms with Crippen LogP contribution in [0.15, 0.2) is 72.9 Å². The van der Waals surface area contributed by atoms with Crippen molar-refractivity contribution >= 4 is 17.9 Å². The molecule has 0 fully saturated rings. The van der Waals surface area contributed by atoms with Crippen molar-refractivity contribution in [2.45, 2.75) is 284 Å². The van der Waals surface area contributed by atoms with Crippen LogP contribution in [0.4, 0.5) is 0 Å². The molecule has 0 aromatic heterocycles. The Bertz CT molecular complexity index is 1260.